The quantitative estimate of drug-likeness (QED) is 0.797. The van der Waals surface area contributed by atoms with Gasteiger partial charge in [-0.2, -0.15) is 8.42 Å². The van der Waals surface area contributed by atoms with Crippen molar-refractivity contribution in [1.29, 1.82) is 0 Å². The number of benzene rings is 1. The maximum atomic E-state index is 10.7. The smallest absolute Gasteiger partial charge is 0.294 e. The first-order valence-corrected chi connectivity index (χ1v) is 6.20. The van der Waals surface area contributed by atoms with Crippen LogP contribution in [-0.4, -0.2) is 19.6 Å². The van der Waals surface area contributed by atoms with Crippen LogP contribution >= 0.6 is 0 Å². The normalized spacial score (nSPS) is 16.3. The van der Waals surface area contributed by atoms with E-state index in [2.05, 4.69) is 0 Å². The average molecular weight is 228 g/mol. The summed E-state index contributed by atoms with van der Waals surface area (Å²) in [6.07, 6.45) is 2.42. The molecule has 1 aromatic rings. The van der Waals surface area contributed by atoms with Gasteiger partial charge in [-0.1, -0.05) is 0 Å². The molecular formula is C10H12O4S. The fourth-order valence-electron chi connectivity index (χ4n) is 1.21. The van der Waals surface area contributed by atoms with Gasteiger partial charge in [0.25, 0.3) is 10.1 Å². The largest absolute Gasteiger partial charge is 0.493 e. The third-order valence-corrected chi connectivity index (χ3v) is 3.17. The molecule has 0 saturated heterocycles. The molecule has 4 nitrogen and oxygen atoms in total. The first-order valence-electron chi connectivity index (χ1n) is 4.76. The molecule has 82 valence electrons. The Morgan fingerprint density at radius 3 is 2.33 bits per heavy atom. The summed E-state index contributed by atoms with van der Waals surface area (Å²) in [7, 11) is -4.09. The molecule has 0 unspecified atom stereocenters. The number of hydrogen-bond donors (Lipinski definition) is 1. The van der Waals surface area contributed by atoms with Crippen LogP contribution in [0.15, 0.2) is 29.2 Å². The maximum Gasteiger partial charge on any atom is 0.294 e. The van der Waals surface area contributed by atoms with Crippen molar-refractivity contribution in [2.45, 2.75) is 17.7 Å². The second kappa shape index (κ2) is 3.83. The third kappa shape index (κ3) is 2.94. The highest BCUT2D eigenvalue weighted by atomic mass is 32.2. The molecule has 1 aromatic carbocycles. The van der Waals surface area contributed by atoms with Gasteiger partial charge in [-0.3, -0.25) is 4.55 Å². The number of rotatable bonds is 4. The number of hydrogen-bond acceptors (Lipinski definition) is 3. The molecule has 0 aliphatic heterocycles. The highest BCUT2D eigenvalue weighted by Crippen LogP contribution is 2.29. The third-order valence-electron chi connectivity index (χ3n) is 2.30. The van der Waals surface area contributed by atoms with Crippen molar-refractivity contribution in [1.82, 2.24) is 0 Å². The zero-order valence-corrected chi connectivity index (χ0v) is 8.90. The minimum absolute atomic E-state index is 0.110. The van der Waals surface area contributed by atoms with Crippen molar-refractivity contribution in [2.75, 3.05) is 6.61 Å². The molecule has 0 radical (unpaired) electrons. The van der Waals surface area contributed by atoms with Gasteiger partial charge in [-0.25, -0.2) is 0 Å². The van der Waals surface area contributed by atoms with E-state index < -0.39 is 10.1 Å². The molecule has 5 heteroatoms. The highest BCUT2D eigenvalue weighted by molar-refractivity contribution is 7.85. The molecule has 1 aliphatic rings. The molecule has 1 fully saturated rings. The fourth-order valence-corrected chi connectivity index (χ4v) is 1.69. The lowest BCUT2D eigenvalue weighted by atomic mass is 10.3. The zero-order chi connectivity index (χ0) is 10.9. The molecular weight excluding hydrogens is 216 g/mol. The van der Waals surface area contributed by atoms with Crippen molar-refractivity contribution < 1.29 is 17.7 Å². The molecule has 0 aromatic heterocycles. The van der Waals surface area contributed by atoms with E-state index in [0.29, 0.717) is 18.3 Å². The molecule has 1 N–H and O–H groups in total. The fraction of sp³-hybridized carbons (Fsp3) is 0.400. The summed E-state index contributed by atoms with van der Waals surface area (Å²) in [4.78, 5) is -0.110. The lowest BCUT2D eigenvalue weighted by molar-refractivity contribution is 0.299. The summed E-state index contributed by atoms with van der Waals surface area (Å²) < 4.78 is 35.6. The molecule has 0 atom stereocenters. The summed E-state index contributed by atoms with van der Waals surface area (Å²) in [5.41, 5.74) is 0. The van der Waals surface area contributed by atoms with Crippen LogP contribution in [0.1, 0.15) is 12.8 Å². The molecule has 2 rings (SSSR count). The minimum Gasteiger partial charge on any atom is -0.493 e. The zero-order valence-electron chi connectivity index (χ0n) is 8.09. The highest BCUT2D eigenvalue weighted by Gasteiger charge is 2.21. The van der Waals surface area contributed by atoms with Crippen LogP contribution in [0.4, 0.5) is 0 Å². The van der Waals surface area contributed by atoms with Crippen molar-refractivity contribution in [2.24, 2.45) is 5.92 Å². The monoisotopic (exact) mass is 228 g/mol. The molecule has 1 aliphatic carbocycles. The van der Waals surface area contributed by atoms with Crippen molar-refractivity contribution in [3.8, 4) is 5.75 Å². The van der Waals surface area contributed by atoms with E-state index >= 15 is 0 Å². The Morgan fingerprint density at radius 2 is 1.87 bits per heavy atom. The molecule has 0 bridgehead atoms. The van der Waals surface area contributed by atoms with Crippen molar-refractivity contribution in [3.05, 3.63) is 24.3 Å². The van der Waals surface area contributed by atoms with Crippen LogP contribution in [-0.2, 0) is 10.1 Å². The van der Waals surface area contributed by atoms with Gasteiger partial charge in [-0.05, 0) is 43.0 Å². The van der Waals surface area contributed by atoms with Crippen molar-refractivity contribution >= 4 is 10.1 Å². The van der Waals surface area contributed by atoms with Gasteiger partial charge in [0.2, 0.25) is 0 Å². The predicted molar refractivity (Wildman–Crippen MR) is 54.5 cm³/mol. The van der Waals surface area contributed by atoms with Crippen LogP contribution in [0, 0.1) is 5.92 Å². The van der Waals surface area contributed by atoms with E-state index in [0.717, 1.165) is 0 Å². The SMILES string of the molecule is O=S(=O)(O)c1ccc(OCC2CC2)cc1. The van der Waals surface area contributed by atoms with Gasteiger partial charge in [-0.15, -0.1) is 0 Å². The van der Waals surface area contributed by atoms with Crippen LogP contribution in [0.2, 0.25) is 0 Å². The maximum absolute atomic E-state index is 10.7. The standard InChI is InChI=1S/C10H12O4S/c11-15(12,13)10-5-3-9(4-6-10)14-7-8-1-2-8/h3-6,8H,1-2,7H2,(H,11,12,13). The molecule has 15 heavy (non-hydrogen) atoms. The first kappa shape index (κ1) is 10.4. The van der Waals surface area contributed by atoms with Gasteiger partial charge < -0.3 is 4.74 Å². The average Bonchev–Trinajstić information content (AvgIpc) is 2.97. The van der Waals surface area contributed by atoms with Gasteiger partial charge >= 0.3 is 0 Å². The van der Waals surface area contributed by atoms with Gasteiger partial charge in [0.15, 0.2) is 0 Å². The topological polar surface area (TPSA) is 63.6 Å². The Kier molecular flexibility index (Phi) is 2.67. The van der Waals surface area contributed by atoms with Crippen LogP contribution in [0.5, 0.6) is 5.75 Å². The Bertz CT molecular complexity index is 431. The lowest BCUT2D eigenvalue weighted by Crippen LogP contribution is -2.00. The van der Waals surface area contributed by atoms with Crippen molar-refractivity contribution in [3.63, 3.8) is 0 Å². The van der Waals surface area contributed by atoms with E-state index in [4.69, 9.17) is 9.29 Å². The van der Waals surface area contributed by atoms with E-state index in [-0.39, 0.29) is 4.90 Å². The molecule has 0 heterocycles. The van der Waals surface area contributed by atoms with Crippen LogP contribution in [0.25, 0.3) is 0 Å². The van der Waals surface area contributed by atoms with Gasteiger partial charge in [0.05, 0.1) is 11.5 Å². The minimum atomic E-state index is -4.09. The molecule has 0 spiro atoms. The van der Waals surface area contributed by atoms with E-state index in [9.17, 15) is 8.42 Å². The Balaban J connectivity index is 2.02. The van der Waals surface area contributed by atoms with Crippen LogP contribution < -0.4 is 4.74 Å². The van der Waals surface area contributed by atoms with Crippen LogP contribution in [0.3, 0.4) is 0 Å². The summed E-state index contributed by atoms with van der Waals surface area (Å²) in [5.74, 6) is 1.29. The Morgan fingerprint density at radius 1 is 1.27 bits per heavy atom. The molecule has 1 saturated carbocycles. The van der Waals surface area contributed by atoms with Gasteiger partial charge in [0, 0.05) is 0 Å². The predicted octanol–water partition coefficient (Wildman–Crippen LogP) is 1.72. The van der Waals surface area contributed by atoms with Gasteiger partial charge in [0.1, 0.15) is 5.75 Å². The summed E-state index contributed by atoms with van der Waals surface area (Å²) in [6, 6.07) is 5.76. The Labute approximate surface area is 88.6 Å². The second-order valence-electron chi connectivity index (χ2n) is 3.70. The van der Waals surface area contributed by atoms with E-state index in [1.165, 1.54) is 25.0 Å². The number of ether oxygens (including phenoxy) is 1. The first-order chi connectivity index (χ1) is 7.05. The summed E-state index contributed by atoms with van der Waals surface area (Å²) in [5, 5.41) is 0. The van der Waals surface area contributed by atoms with E-state index in [1.54, 1.807) is 12.1 Å². The Hall–Kier alpha value is -1.07. The van der Waals surface area contributed by atoms with E-state index in [1.807, 2.05) is 0 Å². The summed E-state index contributed by atoms with van der Waals surface area (Å²) in [6.45, 7) is 0.686. The lowest BCUT2D eigenvalue weighted by Gasteiger charge is -2.04. The molecule has 0 amide bonds. The second-order valence-corrected chi connectivity index (χ2v) is 5.12. The summed E-state index contributed by atoms with van der Waals surface area (Å²) >= 11 is 0.